The molecule has 0 N–H and O–H groups in total. The number of ether oxygens (including phenoxy) is 2. The van der Waals surface area contributed by atoms with Crippen molar-refractivity contribution >= 4 is 0 Å². The molecule has 0 amide bonds. The van der Waals surface area contributed by atoms with Gasteiger partial charge in [0.25, 0.3) is 0 Å². The molecule has 0 saturated carbocycles. The lowest BCUT2D eigenvalue weighted by Gasteiger charge is -2.40. The fraction of sp³-hybridized carbons (Fsp3) is 0.727. The molecule has 2 aliphatic heterocycles. The van der Waals surface area contributed by atoms with E-state index >= 15 is 0 Å². The number of likely N-dealkylation sites (tertiary alicyclic amines) is 1. The normalized spacial score (nSPS) is 33.5. The van der Waals surface area contributed by atoms with Crippen molar-refractivity contribution < 1.29 is 13.9 Å². The van der Waals surface area contributed by atoms with Crippen LogP contribution in [0.25, 0.3) is 0 Å². The zero-order chi connectivity index (χ0) is 18.9. The van der Waals surface area contributed by atoms with E-state index in [0.717, 1.165) is 43.5 Å². The lowest BCUT2D eigenvalue weighted by Crippen LogP contribution is -2.47. The van der Waals surface area contributed by atoms with E-state index in [-0.39, 0.29) is 17.3 Å². The maximum Gasteiger partial charge on any atom is 0.171 e. The van der Waals surface area contributed by atoms with E-state index in [0.29, 0.717) is 6.61 Å². The van der Waals surface area contributed by atoms with Crippen LogP contribution in [0.15, 0.2) is 24.3 Å². The summed E-state index contributed by atoms with van der Waals surface area (Å²) in [6.45, 7) is 15.0. The average Bonchev–Trinajstić information content (AvgIpc) is 2.91. The molecule has 2 saturated heterocycles. The van der Waals surface area contributed by atoms with Crippen molar-refractivity contribution in [2.45, 2.75) is 59.4 Å². The van der Waals surface area contributed by atoms with Gasteiger partial charge in [0.2, 0.25) is 0 Å². The Kier molecular flexibility index (Phi) is 5.76. The van der Waals surface area contributed by atoms with Crippen LogP contribution in [-0.4, -0.2) is 43.0 Å². The van der Waals surface area contributed by atoms with E-state index in [9.17, 15) is 4.39 Å². The Balaban J connectivity index is 1.60. The van der Waals surface area contributed by atoms with Crippen molar-refractivity contribution in [2.75, 3.05) is 26.2 Å². The van der Waals surface area contributed by atoms with Crippen molar-refractivity contribution in [3.63, 3.8) is 0 Å². The van der Waals surface area contributed by atoms with Crippen LogP contribution in [0.1, 0.15) is 46.6 Å². The van der Waals surface area contributed by atoms with E-state index in [2.05, 4.69) is 39.5 Å². The number of benzene rings is 1. The van der Waals surface area contributed by atoms with Crippen LogP contribution in [0.5, 0.6) is 0 Å². The molecule has 4 atom stereocenters. The Morgan fingerprint density at radius 3 is 2.38 bits per heavy atom. The molecule has 2 heterocycles. The zero-order valence-corrected chi connectivity index (χ0v) is 16.9. The highest BCUT2D eigenvalue weighted by Crippen LogP contribution is 2.42. The minimum atomic E-state index is -0.626. The molecule has 2 fully saturated rings. The van der Waals surface area contributed by atoms with Gasteiger partial charge in [0.1, 0.15) is 5.82 Å². The van der Waals surface area contributed by atoms with E-state index < -0.39 is 5.79 Å². The molecule has 0 aromatic heterocycles. The minimum absolute atomic E-state index is 0.116. The highest BCUT2D eigenvalue weighted by Gasteiger charge is 2.49. The molecule has 1 aromatic carbocycles. The van der Waals surface area contributed by atoms with E-state index in [1.807, 2.05) is 12.1 Å². The van der Waals surface area contributed by atoms with Crippen molar-refractivity contribution in [1.82, 2.24) is 4.90 Å². The Morgan fingerprint density at radius 1 is 1.15 bits per heavy atom. The first kappa shape index (κ1) is 19.8. The van der Waals surface area contributed by atoms with Crippen LogP contribution in [0, 0.1) is 23.1 Å². The van der Waals surface area contributed by atoms with E-state index in [4.69, 9.17) is 9.47 Å². The van der Waals surface area contributed by atoms with Crippen LogP contribution in [0.4, 0.5) is 4.39 Å². The fourth-order valence-electron chi connectivity index (χ4n) is 4.59. The fourth-order valence-corrected chi connectivity index (χ4v) is 4.59. The average molecular weight is 364 g/mol. The van der Waals surface area contributed by atoms with Crippen molar-refractivity contribution in [1.29, 1.82) is 0 Å². The van der Waals surface area contributed by atoms with Crippen LogP contribution >= 0.6 is 0 Å². The molecule has 0 bridgehead atoms. The molecular formula is C22H34FNO2. The van der Waals surface area contributed by atoms with E-state index in [1.54, 1.807) is 0 Å². The Morgan fingerprint density at radius 2 is 1.77 bits per heavy atom. The molecule has 0 aliphatic carbocycles. The van der Waals surface area contributed by atoms with E-state index in [1.165, 1.54) is 18.6 Å². The monoisotopic (exact) mass is 363 g/mol. The highest BCUT2D eigenvalue weighted by atomic mass is 19.1. The first-order valence-electron chi connectivity index (χ1n) is 9.95. The number of piperidine rings is 1. The number of hydrogen-bond acceptors (Lipinski definition) is 3. The van der Waals surface area contributed by atoms with Gasteiger partial charge in [-0.1, -0.05) is 39.8 Å². The minimum Gasteiger partial charge on any atom is -0.347 e. The topological polar surface area (TPSA) is 21.7 Å². The van der Waals surface area contributed by atoms with Gasteiger partial charge >= 0.3 is 0 Å². The summed E-state index contributed by atoms with van der Waals surface area (Å²) in [7, 11) is 0. The predicted molar refractivity (Wildman–Crippen MR) is 103 cm³/mol. The van der Waals surface area contributed by atoms with Gasteiger partial charge in [0.05, 0.1) is 12.7 Å². The molecule has 3 nitrogen and oxygen atoms in total. The maximum absolute atomic E-state index is 13.2. The summed E-state index contributed by atoms with van der Waals surface area (Å²) in [6, 6.07) is 6.74. The van der Waals surface area contributed by atoms with Crippen molar-refractivity contribution in [2.24, 2.45) is 17.3 Å². The lowest BCUT2D eigenvalue weighted by atomic mass is 9.78. The summed E-state index contributed by atoms with van der Waals surface area (Å²) < 4.78 is 25.8. The molecule has 1 aromatic rings. The second-order valence-corrected chi connectivity index (χ2v) is 9.35. The summed E-state index contributed by atoms with van der Waals surface area (Å²) in [6.07, 6.45) is 2.22. The quantitative estimate of drug-likeness (QED) is 0.769. The van der Waals surface area contributed by atoms with Gasteiger partial charge in [-0.2, -0.15) is 0 Å². The predicted octanol–water partition coefficient (Wildman–Crippen LogP) is 4.50. The van der Waals surface area contributed by atoms with Gasteiger partial charge in [-0.3, -0.25) is 0 Å². The second kappa shape index (κ2) is 7.57. The third kappa shape index (κ3) is 4.47. The van der Waals surface area contributed by atoms with Gasteiger partial charge in [0, 0.05) is 25.0 Å². The number of hydrogen-bond donors (Lipinski definition) is 0. The number of rotatable bonds is 5. The third-order valence-electron chi connectivity index (χ3n) is 6.13. The van der Waals surface area contributed by atoms with Crippen molar-refractivity contribution in [3.05, 3.63) is 35.6 Å². The number of nitrogens with zero attached hydrogens (tertiary/aromatic N) is 1. The maximum atomic E-state index is 13.2. The van der Waals surface area contributed by atoms with Gasteiger partial charge in [0.15, 0.2) is 5.79 Å². The van der Waals surface area contributed by atoms with Crippen LogP contribution < -0.4 is 0 Å². The first-order chi connectivity index (χ1) is 12.2. The van der Waals surface area contributed by atoms with Gasteiger partial charge in [-0.15, -0.1) is 0 Å². The van der Waals surface area contributed by atoms with Gasteiger partial charge in [-0.05, 0) is 49.3 Å². The van der Waals surface area contributed by atoms with Crippen LogP contribution in [-0.2, 0) is 15.9 Å². The Labute approximate surface area is 157 Å². The molecule has 26 heavy (non-hydrogen) atoms. The third-order valence-corrected chi connectivity index (χ3v) is 6.13. The van der Waals surface area contributed by atoms with Gasteiger partial charge in [-0.25, -0.2) is 4.39 Å². The Bertz CT molecular complexity index is 593. The molecule has 3 rings (SSSR count). The molecule has 0 spiro atoms. The summed E-state index contributed by atoms with van der Waals surface area (Å²) in [4.78, 5) is 2.53. The molecule has 4 heteroatoms. The largest absolute Gasteiger partial charge is 0.347 e. The number of halogens is 1. The summed E-state index contributed by atoms with van der Waals surface area (Å²) in [5.74, 6) is 0.680. The Hall–Kier alpha value is -0.970. The SMILES string of the molecule is CC1CC(C)CN(CC2COC(C)(C(C)(C)Cc3ccc(F)cc3)O2)C1. The van der Waals surface area contributed by atoms with Gasteiger partial charge < -0.3 is 14.4 Å². The van der Waals surface area contributed by atoms with Crippen LogP contribution in [0.3, 0.4) is 0 Å². The zero-order valence-electron chi connectivity index (χ0n) is 16.9. The molecule has 2 aliphatic rings. The van der Waals surface area contributed by atoms with Crippen LogP contribution in [0.2, 0.25) is 0 Å². The summed E-state index contributed by atoms with van der Waals surface area (Å²) in [5, 5.41) is 0. The smallest absolute Gasteiger partial charge is 0.171 e. The van der Waals surface area contributed by atoms with Crippen molar-refractivity contribution in [3.8, 4) is 0 Å². The molecule has 4 unspecified atom stereocenters. The molecule has 146 valence electrons. The standard InChI is InChI=1S/C22H34FNO2/c1-16-10-17(2)13-24(12-16)14-20-15-25-22(5,26-20)21(3,4)11-18-6-8-19(23)9-7-18/h6-9,16-17,20H,10-15H2,1-5H3. The summed E-state index contributed by atoms with van der Waals surface area (Å²) >= 11 is 0. The second-order valence-electron chi connectivity index (χ2n) is 9.35. The first-order valence-corrected chi connectivity index (χ1v) is 9.95. The molecular weight excluding hydrogens is 329 g/mol. The molecule has 0 radical (unpaired) electrons. The summed E-state index contributed by atoms with van der Waals surface area (Å²) in [5.41, 5.74) is 0.897. The highest BCUT2D eigenvalue weighted by molar-refractivity contribution is 5.18. The lowest BCUT2D eigenvalue weighted by molar-refractivity contribution is -0.224.